The van der Waals surface area contributed by atoms with Gasteiger partial charge in [-0.2, -0.15) is 0 Å². The molecule has 0 aliphatic rings. The second-order valence-electron chi connectivity index (χ2n) is 8.81. The molecule has 3 aromatic carbocycles. The average molecular weight is 546 g/mol. The van der Waals surface area contributed by atoms with Gasteiger partial charge in [0.1, 0.15) is 12.4 Å². The van der Waals surface area contributed by atoms with Crippen LogP contribution < -0.4 is 14.8 Å². The average Bonchev–Trinajstić information content (AvgIpc) is 3.49. The number of aromatic nitrogens is 3. The van der Waals surface area contributed by atoms with Crippen LogP contribution >= 0.6 is 34.5 Å². The zero-order valence-electron chi connectivity index (χ0n) is 20.0. The van der Waals surface area contributed by atoms with Gasteiger partial charge in [-0.05, 0) is 80.1 Å². The fourth-order valence-corrected chi connectivity index (χ4v) is 6.02. The maximum atomic E-state index is 13.2. The van der Waals surface area contributed by atoms with E-state index in [0.29, 0.717) is 26.1 Å². The summed E-state index contributed by atoms with van der Waals surface area (Å²) in [5, 5.41) is 1.18. The summed E-state index contributed by atoms with van der Waals surface area (Å²) in [7, 11) is 0. The van der Waals surface area contributed by atoms with Crippen molar-refractivity contribution in [2.45, 2.75) is 20.5 Å². The largest absolute Gasteiger partial charge is 0.489 e. The van der Waals surface area contributed by atoms with Gasteiger partial charge in [-0.25, -0.2) is 9.38 Å². The number of fused-ring (bicyclic) bond motifs is 3. The molecule has 0 radical (unpaired) electrons. The van der Waals surface area contributed by atoms with Crippen LogP contribution in [0.1, 0.15) is 22.5 Å². The highest BCUT2D eigenvalue weighted by atomic mass is 35.5. The van der Waals surface area contributed by atoms with E-state index in [1.54, 1.807) is 16.5 Å². The number of halogens is 2. The van der Waals surface area contributed by atoms with E-state index < -0.39 is 0 Å². The van der Waals surface area contributed by atoms with Crippen molar-refractivity contribution in [2.24, 2.45) is 0 Å². The molecule has 3 heterocycles. The Hall–Kier alpha value is -3.58. The third-order valence-electron chi connectivity index (χ3n) is 6.41. The summed E-state index contributed by atoms with van der Waals surface area (Å²) in [5.41, 5.74) is 6.64. The summed E-state index contributed by atoms with van der Waals surface area (Å²) in [6, 6.07) is 23.1. The van der Waals surface area contributed by atoms with E-state index in [4.69, 9.17) is 27.9 Å². The van der Waals surface area contributed by atoms with Gasteiger partial charge in [0.15, 0.2) is 4.96 Å². The highest BCUT2D eigenvalue weighted by molar-refractivity contribution is 7.15. The third-order valence-corrected chi connectivity index (χ3v) is 7.96. The first kappa shape index (κ1) is 23.8. The Balaban J connectivity index is 1.29. The van der Waals surface area contributed by atoms with Gasteiger partial charge in [-0.15, -0.1) is 0 Å². The maximum absolute atomic E-state index is 13.2. The van der Waals surface area contributed by atoms with Crippen molar-refractivity contribution < 1.29 is 4.74 Å². The quantitative estimate of drug-likeness (QED) is 0.240. The van der Waals surface area contributed by atoms with Crippen LogP contribution in [0, 0.1) is 13.8 Å². The normalized spacial score (nSPS) is 12.2. The predicted octanol–water partition coefficient (Wildman–Crippen LogP) is 6.75. The van der Waals surface area contributed by atoms with Crippen LogP contribution in [-0.2, 0) is 6.61 Å². The number of nitrogens with zero attached hydrogens (tertiary/aromatic N) is 3. The fourth-order valence-electron chi connectivity index (χ4n) is 4.58. The smallest absolute Gasteiger partial charge is 0.274 e. The minimum atomic E-state index is -0.0409. The van der Waals surface area contributed by atoms with Crippen molar-refractivity contribution in [1.82, 2.24) is 14.0 Å². The summed E-state index contributed by atoms with van der Waals surface area (Å²) in [5.74, 6) is 0.745. The minimum Gasteiger partial charge on any atom is -0.489 e. The zero-order valence-corrected chi connectivity index (χ0v) is 22.4. The van der Waals surface area contributed by atoms with Crippen molar-refractivity contribution in [3.63, 3.8) is 0 Å². The molecule has 8 heteroatoms. The van der Waals surface area contributed by atoms with Crippen molar-refractivity contribution in [1.29, 1.82) is 0 Å². The van der Waals surface area contributed by atoms with Crippen LogP contribution in [0.5, 0.6) is 5.75 Å². The van der Waals surface area contributed by atoms with Crippen molar-refractivity contribution >= 4 is 56.6 Å². The molecule has 0 aliphatic carbocycles. The molecule has 0 atom stereocenters. The van der Waals surface area contributed by atoms with E-state index in [-0.39, 0.29) is 5.56 Å². The van der Waals surface area contributed by atoms with E-state index in [0.717, 1.165) is 45.0 Å². The first-order valence-electron chi connectivity index (χ1n) is 11.7. The van der Waals surface area contributed by atoms with E-state index in [1.165, 1.54) is 11.3 Å². The molecular formula is C29H21Cl2N3O2S. The first-order valence-corrected chi connectivity index (χ1v) is 13.2. The second kappa shape index (κ2) is 9.38. The van der Waals surface area contributed by atoms with Crippen molar-refractivity contribution in [3.8, 4) is 11.4 Å². The molecule has 6 rings (SSSR count). The van der Waals surface area contributed by atoms with Crippen LogP contribution in [0.4, 0.5) is 0 Å². The Kier molecular flexibility index (Phi) is 6.03. The number of hydrogen-bond acceptors (Lipinski definition) is 4. The van der Waals surface area contributed by atoms with Crippen LogP contribution in [0.25, 0.3) is 27.8 Å². The van der Waals surface area contributed by atoms with Gasteiger partial charge in [0, 0.05) is 32.7 Å². The predicted molar refractivity (Wildman–Crippen MR) is 152 cm³/mol. The topological polar surface area (TPSA) is 48.5 Å². The molecule has 0 amide bonds. The number of rotatable bonds is 5. The first-order chi connectivity index (χ1) is 17.9. The lowest BCUT2D eigenvalue weighted by Crippen LogP contribution is -2.22. The molecule has 0 N–H and O–H groups in total. The number of hydrogen-bond donors (Lipinski definition) is 0. The molecule has 0 aliphatic heterocycles. The standard InChI is InChI=1S/C29H21Cl2N3O2S/c1-17-13-20(14-27-28(35)34-26-6-4-3-5-25(26)32-29(34)37-27)18(2)33(17)22-9-11-23(12-10-22)36-16-19-7-8-21(30)15-24(19)31/h3-15H,16H2,1-2H3/b27-14-. The van der Waals surface area contributed by atoms with Gasteiger partial charge in [0.2, 0.25) is 0 Å². The number of para-hydroxylation sites is 2. The summed E-state index contributed by atoms with van der Waals surface area (Å²) < 4.78 is 10.5. The number of ether oxygens (including phenoxy) is 1. The molecule has 0 saturated carbocycles. The zero-order chi connectivity index (χ0) is 25.7. The lowest BCUT2D eigenvalue weighted by Gasteiger charge is -2.12. The molecule has 3 aromatic heterocycles. The lowest BCUT2D eigenvalue weighted by atomic mass is 10.2. The number of aryl methyl sites for hydroxylation is 1. The van der Waals surface area contributed by atoms with Gasteiger partial charge < -0.3 is 9.30 Å². The van der Waals surface area contributed by atoms with Crippen LogP contribution in [0.15, 0.2) is 77.6 Å². The summed E-state index contributed by atoms with van der Waals surface area (Å²) >= 11 is 13.6. The molecular weight excluding hydrogens is 525 g/mol. The molecule has 184 valence electrons. The Morgan fingerprint density at radius 2 is 1.78 bits per heavy atom. The summed E-state index contributed by atoms with van der Waals surface area (Å²) in [6.45, 7) is 4.47. The number of imidazole rings is 1. The van der Waals surface area contributed by atoms with Crippen molar-refractivity contribution in [2.75, 3.05) is 0 Å². The Bertz CT molecular complexity index is 1900. The number of thiazole rings is 1. The van der Waals surface area contributed by atoms with Crippen LogP contribution in [0.2, 0.25) is 10.0 Å². The summed E-state index contributed by atoms with van der Waals surface area (Å²) in [6.07, 6.45) is 1.96. The number of benzene rings is 3. The van der Waals surface area contributed by atoms with Gasteiger partial charge >= 0.3 is 0 Å². The van der Waals surface area contributed by atoms with E-state index in [1.807, 2.05) is 60.7 Å². The molecule has 0 unspecified atom stereocenters. The lowest BCUT2D eigenvalue weighted by molar-refractivity contribution is 0.306. The minimum absolute atomic E-state index is 0.0409. The SMILES string of the molecule is Cc1cc(/C=c2\sc3nc4ccccc4n3c2=O)c(C)n1-c1ccc(OCc2ccc(Cl)cc2Cl)cc1. The molecule has 0 fully saturated rings. The molecule has 0 saturated heterocycles. The highest BCUT2D eigenvalue weighted by Crippen LogP contribution is 2.26. The third kappa shape index (κ3) is 4.31. The molecule has 5 nitrogen and oxygen atoms in total. The highest BCUT2D eigenvalue weighted by Gasteiger charge is 2.13. The molecule has 0 spiro atoms. The molecule has 0 bridgehead atoms. The Labute approximate surface area is 226 Å². The van der Waals surface area contributed by atoms with Crippen molar-refractivity contribution in [3.05, 3.63) is 120 Å². The van der Waals surface area contributed by atoms with E-state index in [9.17, 15) is 4.79 Å². The molecule has 37 heavy (non-hydrogen) atoms. The van der Waals surface area contributed by atoms with E-state index >= 15 is 0 Å². The van der Waals surface area contributed by atoms with Gasteiger partial charge in [-0.1, -0.05) is 52.7 Å². The van der Waals surface area contributed by atoms with Crippen LogP contribution in [0.3, 0.4) is 0 Å². The monoisotopic (exact) mass is 545 g/mol. The fraction of sp³-hybridized carbons (Fsp3) is 0.103. The van der Waals surface area contributed by atoms with Gasteiger partial charge in [0.05, 0.1) is 15.6 Å². The molecule has 6 aromatic rings. The Morgan fingerprint density at radius 1 is 1.00 bits per heavy atom. The second-order valence-corrected chi connectivity index (χ2v) is 10.7. The maximum Gasteiger partial charge on any atom is 0.274 e. The summed E-state index contributed by atoms with van der Waals surface area (Å²) in [4.78, 5) is 18.5. The van der Waals surface area contributed by atoms with Gasteiger partial charge in [-0.3, -0.25) is 4.79 Å². The van der Waals surface area contributed by atoms with E-state index in [2.05, 4.69) is 29.5 Å². The van der Waals surface area contributed by atoms with Crippen LogP contribution in [-0.4, -0.2) is 14.0 Å². The van der Waals surface area contributed by atoms with Gasteiger partial charge in [0.25, 0.3) is 5.56 Å². The Morgan fingerprint density at radius 3 is 2.57 bits per heavy atom.